The van der Waals surface area contributed by atoms with E-state index in [9.17, 15) is 4.79 Å². The molecular weight excluding hydrogens is 316 g/mol. The third-order valence-corrected chi connectivity index (χ3v) is 5.58. The Labute approximate surface area is 140 Å². The Bertz CT molecular complexity index is 593. The molecule has 1 aromatic rings. The van der Waals surface area contributed by atoms with Gasteiger partial charge in [0.15, 0.2) is 5.11 Å². The zero-order valence-corrected chi connectivity index (χ0v) is 14.7. The predicted molar refractivity (Wildman–Crippen MR) is 94.0 cm³/mol. The Morgan fingerprint density at radius 1 is 1.41 bits per heavy atom. The molecular formula is C16H22N2O2S2. The van der Waals surface area contributed by atoms with Crippen LogP contribution in [0.4, 0.5) is 5.00 Å². The smallest absolute Gasteiger partial charge is 0.341 e. The highest BCUT2D eigenvalue weighted by atomic mass is 32.1. The number of thiocarbonyl (C=S) groups is 1. The van der Waals surface area contributed by atoms with E-state index in [2.05, 4.69) is 17.6 Å². The fraction of sp³-hybridized carbons (Fsp3) is 0.625. The van der Waals surface area contributed by atoms with Gasteiger partial charge in [0, 0.05) is 10.9 Å². The number of anilines is 1. The molecule has 6 heteroatoms. The third-order valence-electron chi connectivity index (χ3n) is 4.18. The van der Waals surface area contributed by atoms with Crippen LogP contribution in [0.2, 0.25) is 0 Å². The average Bonchev–Trinajstić information content (AvgIpc) is 3.18. The number of rotatable bonds is 4. The van der Waals surface area contributed by atoms with Gasteiger partial charge in [0.25, 0.3) is 0 Å². The van der Waals surface area contributed by atoms with Crippen LogP contribution in [-0.2, 0) is 11.2 Å². The van der Waals surface area contributed by atoms with Gasteiger partial charge in [-0.05, 0) is 62.7 Å². The van der Waals surface area contributed by atoms with Gasteiger partial charge >= 0.3 is 5.97 Å². The summed E-state index contributed by atoms with van der Waals surface area (Å²) in [7, 11) is 0. The minimum atomic E-state index is -0.231. The van der Waals surface area contributed by atoms with Gasteiger partial charge in [-0.3, -0.25) is 0 Å². The van der Waals surface area contributed by atoms with E-state index in [1.165, 1.54) is 29.7 Å². The zero-order chi connectivity index (χ0) is 15.7. The molecule has 0 aliphatic heterocycles. The molecule has 1 atom stereocenters. The predicted octanol–water partition coefficient (Wildman–Crippen LogP) is 3.81. The minimum absolute atomic E-state index is 0.231. The van der Waals surface area contributed by atoms with E-state index in [1.54, 1.807) is 11.3 Å². The normalized spacial score (nSPS) is 20.2. The number of hydrogen-bond acceptors (Lipinski definition) is 4. The second kappa shape index (κ2) is 6.54. The van der Waals surface area contributed by atoms with Crippen LogP contribution in [0.25, 0.3) is 0 Å². The minimum Gasteiger partial charge on any atom is -0.462 e. The summed E-state index contributed by atoms with van der Waals surface area (Å²) in [5.74, 6) is 0.172. The van der Waals surface area contributed by atoms with E-state index in [0.717, 1.165) is 17.8 Å². The lowest BCUT2D eigenvalue weighted by Gasteiger charge is -2.19. The first-order valence-corrected chi connectivity index (χ1v) is 9.22. The van der Waals surface area contributed by atoms with Gasteiger partial charge in [0.2, 0.25) is 0 Å². The van der Waals surface area contributed by atoms with Crippen LogP contribution >= 0.6 is 23.6 Å². The van der Waals surface area contributed by atoms with Crippen LogP contribution < -0.4 is 10.6 Å². The number of aryl methyl sites for hydroxylation is 1. The summed E-state index contributed by atoms with van der Waals surface area (Å²) in [5.41, 5.74) is 1.88. The number of nitrogens with one attached hydrogen (secondary N) is 2. The van der Waals surface area contributed by atoms with Crippen molar-refractivity contribution >= 4 is 39.6 Å². The fourth-order valence-corrected chi connectivity index (χ4v) is 4.64. The van der Waals surface area contributed by atoms with Crippen LogP contribution in [0, 0.1) is 0 Å². The lowest BCUT2D eigenvalue weighted by molar-refractivity contribution is 0.0526. The number of carbonyl (C=O) groups excluding carboxylic acids is 1. The maximum Gasteiger partial charge on any atom is 0.341 e. The van der Waals surface area contributed by atoms with Gasteiger partial charge in [-0.2, -0.15) is 0 Å². The van der Waals surface area contributed by atoms with Gasteiger partial charge in [-0.1, -0.05) is 6.92 Å². The zero-order valence-electron chi connectivity index (χ0n) is 13.0. The number of esters is 1. The van der Waals surface area contributed by atoms with Gasteiger partial charge < -0.3 is 15.4 Å². The first-order valence-electron chi connectivity index (χ1n) is 8.00. The summed E-state index contributed by atoms with van der Waals surface area (Å²) in [6, 6.07) is 0.500. The second-order valence-electron chi connectivity index (χ2n) is 6.03. The second-order valence-corrected chi connectivity index (χ2v) is 7.54. The SMILES string of the molecule is CCOC(=O)c1c(NC(=S)NC2CC2)sc2c1C(C)CCC2. The molecule has 1 fully saturated rings. The molecule has 4 nitrogen and oxygen atoms in total. The Kier molecular flexibility index (Phi) is 4.68. The van der Waals surface area contributed by atoms with E-state index in [1.807, 2.05) is 6.92 Å². The Balaban J connectivity index is 1.89. The van der Waals surface area contributed by atoms with E-state index < -0.39 is 0 Å². The van der Waals surface area contributed by atoms with Gasteiger partial charge in [-0.25, -0.2) is 4.79 Å². The molecule has 120 valence electrons. The molecule has 0 bridgehead atoms. The molecule has 0 saturated heterocycles. The van der Waals surface area contributed by atoms with E-state index in [0.29, 0.717) is 29.2 Å². The molecule has 2 aliphatic rings. The van der Waals surface area contributed by atoms with Crippen LogP contribution in [0.1, 0.15) is 66.2 Å². The molecule has 0 amide bonds. The monoisotopic (exact) mass is 338 g/mol. The number of hydrogen-bond donors (Lipinski definition) is 2. The quantitative estimate of drug-likeness (QED) is 0.646. The summed E-state index contributed by atoms with van der Waals surface area (Å²) < 4.78 is 5.28. The summed E-state index contributed by atoms with van der Waals surface area (Å²) in [6.45, 7) is 4.42. The first-order chi connectivity index (χ1) is 10.6. The van der Waals surface area contributed by atoms with Crippen LogP contribution in [0.15, 0.2) is 0 Å². The molecule has 2 N–H and O–H groups in total. The summed E-state index contributed by atoms with van der Waals surface area (Å²) >= 11 is 7.02. The number of ether oxygens (including phenoxy) is 1. The fourth-order valence-electron chi connectivity index (χ4n) is 2.96. The van der Waals surface area contributed by atoms with Crippen molar-refractivity contribution < 1.29 is 9.53 Å². The Morgan fingerprint density at radius 3 is 2.86 bits per heavy atom. The Hall–Kier alpha value is -1.14. The molecule has 1 saturated carbocycles. The van der Waals surface area contributed by atoms with Crippen molar-refractivity contribution in [1.29, 1.82) is 0 Å². The van der Waals surface area contributed by atoms with Crippen molar-refractivity contribution in [2.24, 2.45) is 0 Å². The van der Waals surface area contributed by atoms with E-state index >= 15 is 0 Å². The molecule has 0 aromatic carbocycles. The molecule has 3 rings (SSSR count). The summed E-state index contributed by atoms with van der Waals surface area (Å²) in [6.07, 6.45) is 5.69. The van der Waals surface area contributed by atoms with E-state index in [4.69, 9.17) is 17.0 Å². The average molecular weight is 338 g/mol. The molecule has 2 aliphatic carbocycles. The lowest BCUT2D eigenvalue weighted by atomic mass is 9.86. The number of carbonyl (C=O) groups is 1. The largest absolute Gasteiger partial charge is 0.462 e. The highest BCUT2D eigenvalue weighted by Crippen LogP contribution is 2.43. The van der Waals surface area contributed by atoms with Crippen molar-refractivity contribution in [1.82, 2.24) is 5.32 Å². The third kappa shape index (κ3) is 3.27. The molecule has 0 spiro atoms. The van der Waals surface area contributed by atoms with Crippen LogP contribution in [0.3, 0.4) is 0 Å². The van der Waals surface area contributed by atoms with Crippen LogP contribution in [-0.4, -0.2) is 23.7 Å². The molecule has 1 heterocycles. The molecule has 22 heavy (non-hydrogen) atoms. The summed E-state index contributed by atoms with van der Waals surface area (Å²) in [5, 5.41) is 7.96. The highest BCUT2D eigenvalue weighted by Gasteiger charge is 2.31. The van der Waals surface area contributed by atoms with Gasteiger partial charge in [-0.15, -0.1) is 11.3 Å². The van der Waals surface area contributed by atoms with Crippen molar-refractivity contribution in [3.63, 3.8) is 0 Å². The van der Waals surface area contributed by atoms with Gasteiger partial charge in [0.1, 0.15) is 5.00 Å². The molecule has 1 unspecified atom stereocenters. The number of fused-ring (bicyclic) bond motifs is 1. The van der Waals surface area contributed by atoms with E-state index in [-0.39, 0.29) is 5.97 Å². The lowest BCUT2D eigenvalue weighted by Crippen LogP contribution is -2.30. The maximum atomic E-state index is 12.4. The topological polar surface area (TPSA) is 50.4 Å². The summed E-state index contributed by atoms with van der Waals surface area (Å²) in [4.78, 5) is 13.7. The van der Waals surface area contributed by atoms with Crippen LogP contribution in [0.5, 0.6) is 0 Å². The molecule has 1 aromatic heterocycles. The maximum absolute atomic E-state index is 12.4. The van der Waals surface area contributed by atoms with Crippen molar-refractivity contribution in [3.8, 4) is 0 Å². The molecule has 0 radical (unpaired) electrons. The highest BCUT2D eigenvalue weighted by molar-refractivity contribution is 7.80. The van der Waals surface area contributed by atoms with Crippen molar-refractivity contribution in [2.45, 2.75) is 57.9 Å². The Morgan fingerprint density at radius 2 is 2.18 bits per heavy atom. The standard InChI is InChI=1S/C16H22N2O2S2/c1-3-20-15(19)13-12-9(2)5-4-6-11(12)22-14(13)18-16(21)17-10-7-8-10/h9-10H,3-8H2,1-2H3,(H2,17,18,21). The van der Waals surface area contributed by atoms with Crippen molar-refractivity contribution in [3.05, 3.63) is 16.0 Å². The first kappa shape index (κ1) is 15.7. The van der Waals surface area contributed by atoms with Gasteiger partial charge in [0.05, 0.1) is 12.2 Å². The number of thiophene rings is 1. The van der Waals surface area contributed by atoms with Crippen molar-refractivity contribution in [2.75, 3.05) is 11.9 Å².